The van der Waals surface area contributed by atoms with Gasteiger partial charge in [-0.3, -0.25) is 10.1 Å². The van der Waals surface area contributed by atoms with Crippen molar-refractivity contribution in [2.45, 2.75) is 12.5 Å². The summed E-state index contributed by atoms with van der Waals surface area (Å²) in [6.45, 7) is 0.598. The van der Waals surface area contributed by atoms with Crippen LogP contribution in [-0.4, -0.2) is 11.5 Å². The Bertz CT molecular complexity index is 690. The molecule has 0 radical (unpaired) electrons. The van der Waals surface area contributed by atoms with Crippen molar-refractivity contribution < 1.29 is 9.66 Å². The minimum atomic E-state index is -0.431. The molecule has 0 spiro atoms. The summed E-state index contributed by atoms with van der Waals surface area (Å²) in [6, 6.07) is 12.2. The number of halogens is 1. The molecular formula is C15H13ClN2O3. The molecule has 0 saturated carbocycles. The summed E-state index contributed by atoms with van der Waals surface area (Å²) in [5, 5.41) is 14.6. The van der Waals surface area contributed by atoms with Gasteiger partial charge >= 0.3 is 0 Å². The van der Waals surface area contributed by atoms with Crippen molar-refractivity contribution in [3.63, 3.8) is 0 Å². The Morgan fingerprint density at radius 1 is 1.29 bits per heavy atom. The third kappa shape index (κ3) is 2.78. The molecule has 5 nitrogen and oxygen atoms in total. The summed E-state index contributed by atoms with van der Waals surface area (Å²) in [6.07, 6.45) is 0.774. The number of rotatable bonds is 3. The summed E-state index contributed by atoms with van der Waals surface area (Å²) in [5.41, 5.74) is 1.61. The number of hydrogen-bond acceptors (Lipinski definition) is 4. The third-order valence-corrected chi connectivity index (χ3v) is 3.78. The Morgan fingerprint density at radius 3 is 2.90 bits per heavy atom. The molecule has 1 aliphatic rings. The molecule has 0 fully saturated rings. The topological polar surface area (TPSA) is 64.4 Å². The zero-order chi connectivity index (χ0) is 14.8. The molecule has 1 unspecified atom stereocenters. The van der Waals surface area contributed by atoms with E-state index in [-0.39, 0.29) is 11.7 Å². The monoisotopic (exact) mass is 304 g/mol. The van der Waals surface area contributed by atoms with Gasteiger partial charge in [0.05, 0.1) is 28.3 Å². The first-order valence-corrected chi connectivity index (χ1v) is 6.95. The maximum atomic E-state index is 10.9. The van der Waals surface area contributed by atoms with Crippen molar-refractivity contribution in [2.24, 2.45) is 0 Å². The van der Waals surface area contributed by atoms with Gasteiger partial charge in [0, 0.05) is 24.1 Å². The second-order valence-electron chi connectivity index (χ2n) is 4.79. The number of non-ortho nitro benzene ring substituents is 1. The predicted molar refractivity (Wildman–Crippen MR) is 81.0 cm³/mol. The zero-order valence-corrected chi connectivity index (χ0v) is 11.8. The largest absolute Gasteiger partial charge is 0.493 e. The van der Waals surface area contributed by atoms with E-state index in [9.17, 15) is 10.1 Å². The van der Waals surface area contributed by atoms with Gasteiger partial charge in [0.15, 0.2) is 0 Å². The second kappa shape index (κ2) is 5.61. The molecule has 2 aromatic rings. The zero-order valence-electron chi connectivity index (χ0n) is 11.1. The van der Waals surface area contributed by atoms with Crippen LogP contribution in [0.2, 0.25) is 5.02 Å². The highest BCUT2D eigenvalue weighted by Crippen LogP contribution is 2.36. The predicted octanol–water partition coefficient (Wildman–Crippen LogP) is 4.18. The highest BCUT2D eigenvalue weighted by Gasteiger charge is 2.22. The van der Waals surface area contributed by atoms with Gasteiger partial charge in [0.1, 0.15) is 5.75 Å². The van der Waals surface area contributed by atoms with E-state index in [1.54, 1.807) is 0 Å². The molecule has 1 atom stereocenters. The fraction of sp³-hybridized carbons (Fsp3) is 0.200. The minimum Gasteiger partial charge on any atom is -0.493 e. The van der Waals surface area contributed by atoms with Crippen LogP contribution in [0.1, 0.15) is 18.0 Å². The van der Waals surface area contributed by atoms with Crippen molar-refractivity contribution in [2.75, 3.05) is 11.9 Å². The van der Waals surface area contributed by atoms with Crippen LogP contribution in [-0.2, 0) is 0 Å². The lowest BCUT2D eigenvalue weighted by atomic mass is 10.0. The van der Waals surface area contributed by atoms with Crippen molar-refractivity contribution in [3.8, 4) is 5.75 Å². The number of anilines is 1. The molecule has 6 heteroatoms. The highest BCUT2D eigenvalue weighted by atomic mass is 35.5. The average molecular weight is 305 g/mol. The summed E-state index contributed by atoms with van der Waals surface area (Å²) in [7, 11) is 0. The van der Waals surface area contributed by atoms with E-state index in [4.69, 9.17) is 16.3 Å². The standard InChI is InChI=1S/C15H13ClN2O3/c16-12-6-5-10(18(19)20)9-14(12)17-13-7-8-21-15-4-2-1-3-11(13)15/h1-6,9,13,17H,7-8H2. The Kier molecular flexibility index (Phi) is 3.66. The fourth-order valence-corrected chi connectivity index (χ4v) is 2.59. The molecule has 0 bridgehead atoms. The number of ether oxygens (including phenoxy) is 1. The molecular weight excluding hydrogens is 292 g/mol. The Labute approximate surface area is 126 Å². The number of nitro groups is 1. The van der Waals surface area contributed by atoms with Crippen LogP contribution in [0.5, 0.6) is 5.75 Å². The molecule has 0 saturated heterocycles. The molecule has 1 N–H and O–H groups in total. The maximum absolute atomic E-state index is 10.9. The van der Waals surface area contributed by atoms with E-state index in [0.29, 0.717) is 17.3 Å². The smallest absolute Gasteiger partial charge is 0.271 e. The maximum Gasteiger partial charge on any atom is 0.271 e. The van der Waals surface area contributed by atoms with Gasteiger partial charge in [-0.2, -0.15) is 0 Å². The first-order valence-electron chi connectivity index (χ1n) is 6.57. The first-order chi connectivity index (χ1) is 10.1. The van der Waals surface area contributed by atoms with Crippen molar-refractivity contribution in [1.29, 1.82) is 0 Å². The minimum absolute atomic E-state index is 0.0160. The summed E-state index contributed by atoms with van der Waals surface area (Å²) >= 11 is 6.13. The molecule has 3 rings (SSSR count). The van der Waals surface area contributed by atoms with Crippen LogP contribution in [0, 0.1) is 10.1 Å². The number of fused-ring (bicyclic) bond motifs is 1. The molecule has 21 heavy (non-hydrogen) atoms. The van der Waals surface area contributed by atoms with E-state index >= 15 is 0 Å². The molecule has 108 valence electrons. The van der Waals surface area contributed by atoms with E-state index < -0.39 is 4.92 Å². The van der Waals surface area contributed by atoms with Gasteiger partial charge < -0.3 is 10.1 Å². The Balaban J connectivity index is 1.91. The van der Waals surface area contributed by atoms with Crippen LogP contribution in [0.25, 0.3) is 0 Å². The van der Waals surface area contributed by atoms with Crippen LogP contribution >= 0.6 is 11.6 Å². The molecule has 1 heterocycles. The first kappa shape index (κ1) is 13.7. The number of benzene rings is 2. The lowest BCUT2D eigenvalue weighted by molar-refractivity contribution is -0.384. The normalized spacial score (nSPS) is 16.7. The number of nitrogens with one attached hydrogen (secondary N) is 1. The van der Waals surface area contributed by atoms with E-state index in [2.05, 4.69) is 5.32 Å². The van der Waals surface area contributed by atoms with Gasteiger partial charge in [-0.05, 0) is 12.1 Å². The molecule has 2 aromatic carbocycles. The lowest BCUT2D eigenvalue weighted by Gasteiger charge is -2.27. The average Bonchev–Trinajstić information content (AvgIpc) is 2.49. The lowest BCUT2D eigenvalue weighted by Crippen LogP contribution is -2.20. The number of hydrogen-bond donors (Lipinski definition) is 1. The summed E-state index contributed by atoms with van der Waals surface area (Å²) < 4.78 is 5.60. The van der Waals surface area contributed by atoms with Crippen LogP contribution < -0.4 is 10.1 Å². The van der Waals surface area contributed by atoms with Crippen molar-refractivity contribution >= 4 is 23.0 Å². The Morgan fingerprint density at radius 2 is 2.10 bits per heavy atom. The van der Waals surface area contributed by atoms with Gasteiger partial charge in [0.2, 0.25) is 0 Å². The third-order valence-electron chi connectivity index (χ3n) is 3.45. The van der Waals surface area contributed by atoms with Crippen molar-refractivity contribution in [3.05, 3.63) is 63.2 Å². The van der Waals surface area contributed by atoms with Crippen LogP contribution in [0.4, 0.5) is 11.4 Å². The molecule has 0 aliphatic carbocycles. The Hall–Kier alpha value is -2.27. The van der Waals surface area contributed by atoms with Gasteiger partial charge in [-0.25, -0.2) is 0 Å². The highest BCUT2D eigenvalue weighted by molar-refractivity contribution is 6.33. The second-order valence-corrected chi connectivity index (χ2v) is 5.20. The summed E-state index contributed by atoms with van der Waals surface area (Å²) in [5.74, 6) is 0.836. The quantitative estimate of drug-likeness (QED) is 0.682. The number of para-hydroxylation sites is 1. The molecule has 0 aromatic heterocycles. The van der Waals surface area contributed by atoms with E-state index in [1.165, 1.54) is 18.2 Å². The van der Waals surface area contributed by atoms with Crippen LogP contribution in [0.3, 0.4) is 0 Å². The summed E-state index contributed by atoms with van der Waals surface area (Å²) in [4.78, 5) is 10.4. The van der Waals surface area contributed by atoms with E-state index in [0.717, 1.165) is 17.7 Å². The fourth-order valence-electron chi connectivity index (χ4n) is 2.42. The van der Waals surface area contributed by atoms with Crippen molar-refractivity contribution in [1.82, 2.24) is 0 Å². The van der Waals surface area contributed by atoms with E-state index in [1.807, 2.05) is 24.3 Å². The SMILES string of the molecule is O=[N+]([O-])c1ccc(Cl)c(NC2CCOc3ccccc32)c1. The molecule has 0 amide bonds. The van der Waals surface area contributed by atoms with Gasteiger partial charge in [-0.1, -0.05) is 29.8 Å². The van der Waals surface area contributed by atoms with Gasteiger partial charge in [-0.15, -0.1) is 0 Å². The molecule has 1 aliphatic heterocycles. The number of nitro benzene ring substituents is 1. The van der Waals surface area contributed by atoms with Gasteiger partial charge in [0.25, 0.3) is 5.69 Å². The number of nitrogens with zero attached hydrogens (tertiary/aromatic N) is 1. The van der Waals surface area contributed by atoms with Crippen LogP contribution in [0.15, 0.2) is 42.5 Å².